The van der Waals surface area contributed by atoms with Gasteiger partial charge in [0.15, 0.2) is 5.82 Å². The summed E-state index contributed by atoms with van der Waals surface area (Å²) in [6.45, 7) is 1.40. The summed E-state index contributed by atoms with van der Waals surface area (Å²) in [5, 5.41) is 19.3. The highest BCUT2D eigenvalue weighted by Crippen LogP contribution is 2.33. The summed E-state index contributed by atoms with van der Waals surface area (Å²) in [5.74, 6) is -3.10. The van der Waals surface area contributed by atoms with Crippen LogP contribution < -0.4 is 0 Å². The molecule has 0 radical (unpaired) electrons. The largest absolute Gasteiger partial charge is 0.478 e. The molecule has 0 aliphatic heterocycles. The minimum atomic E-state index is -1.30. The number of carbonyl (C=O) groups is 2. The fourth-order valence-electron chi connectivity index (χ4n) is 2.74. The van der Waals surface area contributed by atoms with Gasteiger partial charge in [0.05, 0.1) is 16.6 Å². The second kappa shape index (κ2) is 5.24. The molecule has 3 N–H and O–H groups in total. The second-order valence-electron chi connectivity index (χ2n) is 5.14. The van der Waals surface area contributed by atoms with Crippen LogP contribution in [0.25, 0.3) is 22.0 Å². The van der Waals surface area contributed by atoms with Crippen molar-refractivity contribution in [3.05, 3.63) is 59.0 Å². The number of rotatable bonds is 3. The molecule has 0 fully saturated rings. The first-order valence-electron chi connectivity index (χ1n) is 6.78. The minimum Gasteiger partial charge on any atom is -0.478 e. The van der Waals surface area contributed by atoms with Crippen LogP contribution in [0.15, 0.2) is 36.5 Å². The van der Waals surface area contributed by atoms with Crippen LogP contribution in [-0.2, 0) is 0 Å². The van der Waals surface area contributed by atoms with Crippen molar-refractivity contribution in [1.29, 1.82) is 0 Å². The molecule has 3 aromatic rings. The lowest BCUT2D eigenvalue weighted by Crippen LogP contribution is -2.09. The molecule has 0 amide bonds. The van der Waals surface area contributed by atoms with E-state index in [-0.39, 0.29) is 33.3 Å². The van der Waals surface area contributed by atoms with E-state index in [1.807, 2.05) is 0 Å². The molecule has 23 heavy (non-hydrogen) atoms. The molecule has 0 aliphatic rings. The van der Waals surface area contributed by atoms with Crippen LogP contribution in [-0.4, -0.2) is 27.1 Å². The summed E-state index contributed by atoms with van der Waals surface area (Å²) in [5.41, 5.74) is 0.292. The number of halogens is 1. The van der Waals surface area contributed by atoms with Gasteiger partial charge in [0.2, 0.25) is 0 Å². The van der Waals surface area contributed by atoms with Gasteiger partial charge in [0.1, 0.15) is 0 Å². The van der Waals surface area contributed by atoms with E-state index in [2.05, 4.69) is 4.98 Å². The highest BCUT2D eigenvalue weighted by molar-refractivity contribution is 6.03. The van der Waals surface area contributed by atoms with Crippen molar-refractivity contribution in [3.8, 4) is 11.1 Å². The van der Waals surface area contributed by atoms with Gasteiger partial charge in [-0.1, -0.05) is 18.2 Å². The lowest BCUT2D eigenvalue weighted by molar-refractivity contribution is 0.0696. The average Bonchev–Trinajstić information content (AvgIpc) is 2.96. The lowest BCUT2D eigenvalue weighted by Gasteiger charge is -2.13. The van der Waals surface area contributed by atoms with Gasteiger partial charge in [-0.25, -0.2) is 14.0 Å². The number of hydrogen-bond acceptors (Lipinski definition) is 2. The van der Waals surface area contributed by atoms with Gasteiger partial charge >= 0.3 is 11.9 Å². The smallest absolute Gasteiger partial charge is 0.336 e. The van der Waals surface area contributed by atoms with Crippen LogP contribution in [0.4, 0.5) is 4.39 Å². The van der Waals surface area contributed by atoms with Crippen LogP contribution in [0.2, 0.25) is 0 Å². The first-order chi connectivity index (χ1) is 10.9. The molecule has 0 saturated carbocycles. The van der Waals surface area contributed by atoms with Gasteiger partial charge in [-0.3, -0.25) is 0 Å². The van der Waals surface area contributed by atoms with Gasteiger partial charge in [0, 0.05) is 17.1 Å². The van der Waals surface area contributed by atoms with Crippen LogP contribution >= 0.6 is 0 Å². The topological polar surface area (TPSA) is 90.4 Å². The Bertz CT molecular complexity index is 959. The van der Waals surface area contributed by atoms with E-state index in [1.165, 1.54) is 25.1 Å². The molecule has 116 valence electrons. The number of benzene rings is 2. The minimum absolute atomic E-state index is 0.0912. The summed E-state index contributed by atoms with van der Waals surface area (Å²) in [6, 6.07) is 7.49. The van der Waals surface area contributed by atoms with Crippen LogP contribution in [0.3, 0.4) is 0 Å². The third kappa shape index (κ3) is 2.24. The Morgan fingerprint density at radius 2 is 1.70 bits per heavy atom. The molecule has 0 spiro atoms. The van der Waals surface area contributed by atoms with E-state index < -0.39 is 17.8 Å². The molecule has 1 aromatic heterocycles. The number of carboxylic acid groups (broad SMARTS) is 2. The first kappa shape index (κ1) is 14.8. The molecule has 0 bridgehead atoms. The Morgan fingerprint density at radius 3 is 2.35 bits per heavy atom. The molecule has 1 heterocycles. The summed E-state index contributed by atoms with van der Waals surface area (Å²) >= 11 is 0. The van der Waals surface area contributed by atoms with Gasteiger partial charge in [-0.2, -0.15) is 0 Å². The Labute approximate surface area is 130 Å². The average molecular weight is 313 g/mol. The lowest BCUT2D eigenvalue weighted by atomic mass is 9.92. The van der Waals surface area contributed by atoms with Crippen molar-refractivity contribution in [2.24, 2.45) is 0 Å². The highest BCUT2D eigenvalue weighted by Gasteiger charge is 2.22. The predicted octanol–water partition coefficient (Wildman–Crippen LogP) is 3.68. The first-order valence-corrected chi connectivity index (χ1v) is 6.78. The van der Waals surface area contributed by atoms with Crippen molar-refractivity contribution in [2.45, 2.75) is 6.92 Å². The third-order valence-electron chi connectivity index (χ3n) is 3.86. The summed E-state index contributed by atoms with van der Waals surface area (Å²) in [7, 11) is 0. The van der Waals surface area contributed by atoms with Gasteiger partial charge < -0.3 is 15.2 Å². The molecule has 2 aromatic carbocycles. The zero-order valence-electron chi connectivity index (χ0n) is 12.1. The van der Waals surface area contributed by atoms with E-state index >= 15 is 0 Å². The van der Waals surface area contributed by atoms with E-state index in [0.29, 0.717) is 5.39 Å². The van der Waals surface area contributed by atoms with Crippen LogP contribution in [0.5, 0.6) is 0 Å². The maximum absolute atomic E-state index is 14.7. The fraction of sp³-hybridized carbons (Fsp3) is 0.0588. The van der Waals surface area contributed by atoms with E-state index in [4.69, 9.17) is 5.11 Å². The van der Waals surface area contributed by atoms with Crippen LogP contribution in [0, 0.1) is 12.7 Å². The normalized spacial score (nSPS) is 10.9. The molecule has 3 rings (SSSR count). The van der Waals surface area contributed by atoms with E-state index in [9.17, 15) is 19.1 Å². The zero-order valence-corrected chi connectivity index (χ0v) is 12.1. The summed E-state index contributed by atoms with van der Waals surface area (Å²) in [6.07, 6.45) is 1.59. The Balaban J connectivity index is 2.34. The van der Waals surface area contributed by atoms with E-state index in [1.54, 1.807) is 18.3 Å². The number of H-pyrrole nitrogens is 1. The summed E-state index contributed by atoms with van der Waals surface area (Å²) in [4.78, 5) is 25.5. The van der Waals surface area contributed by atoms with Gasteiger partial charge in [0.25, 0.3) is 0 Å². The molecular weight excluding hydrogens is 301 g/mol. The Morgan fingerprint density at radius 1 is 1.00 bits per heavy atom. The second-order valence-corrected chi connectivity index (χ2v) is 5.14. The van der Waals surface area contributed by atoms with E-state index in [0.717, 1.165) is 0 Å². The summed E-state index contributed by atoms with van der Waals surface area (Å²) < 4.78 is 14.7. The highest BCUT2D eigenvalue weighted by atomic mass is 19.1. The van der Waals surface area contributed by atoms with Crippen molar-refractivity contribution in [1.82, 2.24) is 4.98 Å². The van der Waals surface area contributed by atoms with Gasteiger partial charge in [-0.05, 0) is 30.2 Å². The number of nitrogens with one attached hydrogen (secondary N) is 1. The predicted molar refractivity (Wildman–Crippen MR) is 82.3 cm³/mol. The Hall–Kier alpha value is -3.15. The molecular formula is C17H12FNO4. The monoisotopic (exact) mass is 313 g/mol. The number of fused-ring (bicyclic) bond motifs is 1. The fourth-order valence-corrected chi connectivity index (χ4v) is 2.74. The number of carboxylic acids is 2. The number of aromatic amines is 1. The number of aromatic nitrogens is 1. The quantitative estimate of drug-likeness (QED) is 0.688. The molecule has 0 unspecified atom stereocenters. The van der Waals surface area contributed by atoms with Gasteiger partial charge in [-0.15, -0.1) is 0 Å². The molecule has 6 heteroatoms. The third-order valence-corrected chi connectivity index (χ3v) is 3.86. The maximum atomic E-state index is 14.7. The standard InChI is InChI=1S/C17H12FNO4/c1-8-10(16(20)21)4-5-11(13(8)17(22)23)12-3-2-9-6-7-19-15(9)14(12)18/h2-7,19H,1H3,(H,20,21)(H,22,23). The molecule has 0 saturated heterocycles. The number of aromatic carboxylic acids is 2. The molecule has 5 nitrogen and oxygen atoms in total. The van der Waals surface area contributed by atoms with Crippen molar-refractivity contribution >= 4 is 22.8 Å². The zero-order chi connectivity index (χ0) is 16.7. The molecule has 0 atom stereocenters. The number of hydrogen-bond donors (Lipinski definition) is 3. The van der Waals surface area contributed by atoms with Crippen molar-refractivity contribution in [2.75, 3.05) is 0 Å². The molecule has 0 aliphatic carbocycles. The van der Waals surface area contributed by atoms with Crippen LogP contribution in [0.1, 0.15) is 26.3 Å². The Kier molecular flexibility index (Phi) is 3.37. The SMILES string of the molecule is Cc1c(C(=O)O)ccc(-c2ccc3cc[nH]c3c2F)c1C(=O)O. The van der Waals surface area contributed by atoms with Crippen molar-refractivity contribution in [3.63, 3.8) is 0 Å². The van der Waals surface area contributed by atoms with Crippen molar-refractivity contribution < 1.29 is 24.2 Å². The maximum Gasteiger partial charge on any atom is 0.336 e.